The van der Waals surface area contributed by atoms with Crippen molar-refractivity contribution in [3.63, 3.8) is 0 Å². The van der Waals surface area contributed by atoms with Crippen LogP contribution in [0.25, 0.3) is 0 Å². The van der Waals surface area contributed by atoms with Gasteiger partial charge in [-0.25, -0.2) is 9.59 Å². The number of carbonyl (C=O) groups excluding carboxylic acids is 1. The van der Waals surface area contributed by atoms with Crippen LogP contribution in [0.4, 0.5) is 10.5 Å². The number of aryl methyl sites for hydroxylation is 1. The summed E-state index contributed by atoms with van der Waals surface area (Å²) in [7, 11) is 0. The highest BCUT2D eigenvalue weighted by Gasteiger charge is 2.19. The van der Waals surface area contributed by atoms with Gasteiger partial charge in [0.05, 0.1) is 5.69 Å². The van der Waals surface area contributed by atoms with Gasteiger partial charge in [0.15, 0.2) is 0 Å². The van der Waals surface area contributed by atoms with Crippen molar-refractivity contribution >= 4 is 45.2 Å². The lowest BCUT2D eigenvalue weighted by Gasteiger charge is -2.15. The average Bonchev–Trinajstić information content (AvgIpc) is 2.35. The van der Waals surface area contributed by atoms with Crippen molar-refractivity contribution in [1.82, 2.24) is 5.32 Å². The summed E-state index contributed by atoms with van der Waals surface area (Å²) < 4.78 is 0.628. The third kappa shape index (κ3) is 4.66. The third-order valence-corrected chi connectivity index (χ3v) is 3.58. The summed E-state index contributed by atoms with van der Waals surface area (Å²) in [6.45, 7) is 1.48. The Balaban J connectivity index is 2.75. The van der Waals surface area contributed by atoms with Crippen molar-refractivity contribution < 1.29 is 19.8 Å². The van der Waals surface area contributed by atoms with Crippen LogP contribution in [0.2, 0.25) is 5.02 Å². The summed E-state index contributed by atoms with van der Waals surface area (Å²) >= 11 is 9.23. The van der Waals surface area contributed by atoms with E-state index >= 15 is 0 Å². The number of amides is 2. The number of anilines is 1. The summed E-state index contributed by atoms with van der Waals surface area (Å²) in [5.74, 6) is -1.21. The molecule has 1 aromatic rings. The third-order valence-electron chi connectivity index (χ3n) is 2.52. The Morgan fingerprint density at radius 3 is 2.65 bits per heavy atom. The number of nitrogens with one attached hydrogen (secondary N) is 2. The van der Waals surface area contributed by atoms with Crippen molar-refractivity contribution in [3.8, 4) is 0 Å². The normalized spacial score (nSPS) is 11.8. The molecule has 0 spiro atoms. The first-order valence-electron chi connectivity index (χ1n) is 5.72. The van der Waals surface area contributed by atoms with Crippen molar-refractivity contribution in [1.29, 1.82) is 0 Å². The molecular weight excluding hydrogens is 351 g/mol. The molecule has 0 aliphatic carbocycles. The van der Waals surface area contributed by atoms with Gasteiger partial charge in [0.25, 0.3) is 0 Å². The maximum Gasteiger partial charge on any atom is 0.326 e. The Hall–Kier alpha value is -1.31. The van der Waals surface area contributed by atoms with Crippen LogP contribution in [0.15, 0.2) is 16.6 Å². The number of aliphatic hydroxyl groups excluding tert-OH is 1. The van der Waals surface area contributed by atoms with Crippen LogP contribution >= 0.6 is 27.5 Å². The maximum absolute atomic E-state index is 11.7. The number of halogens is 2. The number of hydrogen-bond donors (Lipinski definition) is 4. The fraction of sp³-hybridized carbons (Fsp3) is 0.333. The van der Waals surface area contributed by atoms with Gasteiger partial charge < -0.3 is 20.8 Å². The van der Waals surface area contributed by atoms with E-state index in [1.54, 1.807) is 12.1 Å². The number of aliphatic hydroxyl groups is 1. The van der Waals surface area contributed by atoms with Crippen LogP contribution in [0.5, 0.6) is 0 Å². The molecular formula is C12H14BrClN2O4. The predicted octanol–water partition coefficient (Wildman–Crippen LogP) is 2.37. The Morgan fingerprint density at radius 2 is 2.10 bits per heavy atom. The molecule has 20 heavy (non-hydrogen) atoms. The van der Waals surface area contributed by atoms with Gasteiger partial charge >= 0.3 is 12.0 Å². The fourth-order valence-electron chi connectivity index (χ4n) is 1.45. The molecule has 0 aliphatic rings. The quantitative estimate of drug-likeness (QED) is 0.644. The Kier molecular flexibility index (Phi) is 6.25. The first-order chi connectivity index (χ1) is 9.35. The molecule has 0 fully saturated rings. The molecule has 0 heterocycles. The zero-order valence-corrected chi connectivity index (χ0v) is 13.0. The van der Waals surface area contributed by atoms with Crippen LogP contribution in [-0.4, -0.2) is 34.9 Å². The van der Waals surface area contributed by atoms with Gasteiger partial charge in [-0.2, -0.15) is 0 Å². The number of hydrogen-bond acceptors (Lipinski definition) is 3. The molecule has 0 saturated carbocycles. The van der Waals surface area contributed by atoms with Gasteiger partial charge in [-0.15, -0.1) is 0 Å². The van der Waals surface area contributed by atoms with Crippen LogP contribution in [-0.2, 0) is 4.79 Å². The predicted molar refractivity (Wildman–Crippen MR) is 79.2 cm³/mol. The number of carbonyl (C=O) groups is 2. The van der Waals surface area contributed by atoms with E-state index in [4.69, 9.17) is 21.8 Å². The number of aliphatic carboxylic acids is 1. The summed E-state index contributed by atoms with van der Waals surface area (Å²) in [6.07, 6.45) is -0.0709. The highest BCUT2D eigenvalue weighted by atomic mass is 79.9. The van der Waals surface area contributed by atoms with Gasteiger partial charge in [0.2, 0.25) is 0 Å². The highest BCUT2D eigenvalue weighted by molar-refractivity contribution is 9.10. The summed E-state index contributed by atoms with van der Waals surface area (Å²) in [4.78, 5) is 22.6. The second kappa shape index (κ2) is 7.47. The number of carboxylic acid groups (broad SMARTS) is 1. The molecule has 8 heteroatoms. The molecule has 0 radical (unpaired) electrons. The van der Waals surface area contributed by atoms with Crippen molar-refractivity contribution in [2.45, 2.75) is 19.4 Å². The summed E-state index contributed by atoms with van der Waals surface area (Å²) in [5.41, 5.74) is 1.26. The molecule has 0 saturated heterocycles. The molecule has 4 N–H and O–H groups in total. The molecule has 0 aromatic heterocycles. The van der Waals surface area contributed by atoms with E-state index in [0.29, 0.717) is 15.2 Å². The second-order valence-electron chi connectivity index (χ2n) is 4.08. The molecule has 1 aromatic carbocycles. The molecule has 1 rings (SSSR count). The lowest BCUT2D eigenvalue weighted by Crippen LogP contribution is -2.43. The number of carboxylic acids is 1. The molecule has 110 valence electrons. The van der Waals surface area contributed by atoms with Crippen LogP contribution in [0.1, 0.15) is 12.0 Å². The lowest BCUT2D eigenvalue weighted by atomic mass is 10.2. The Morgan fingerprint density at radius 1 is 1.45 bits per heavy atom. The SMILES string of the molecule is Cc1cc(Br)c(NC(=O)N[C@H](CCO)C(=O)O)cc1Cl. The zero-order chi connectivity index (χ0) is 15.3. The van der Waals surface area contributed by atoms with E-state index in [1.807, 2.05) is 6.92 Å². The van der Waals surface area contributed by atoms with Crippen LogP contribution in [0.3, 0.4) is 0 Å². The standard InChI is InChI=1S/C12H14BrClN2O4/c1-6-4-7(13)10(5-8(6)14)16-12(20)15-9(2-3-17)11(18)19/h4-5,9,17H,2-3H2,1H3,(H,18,19)(H2,15,16,20)/t9-/m1/s1. The number of urea groups is 1. The van der Waals surface area contributed by atoms with E-state index in [0.717, 1.165) is 5.56 Å². The zero-order valence-electron chi connectivity index (χ0n) is 10.6. The van der Waals surface area contributed by atoms with E-state index in [2.05, 4.69) is 26.6 Å². The van der Waals surface area contributed by atoms with Gasteiger partial charge in [-0.05, 0) is 40.5 Å². The van der Waals surface area contributed by atoms with Gasteiger partial charge in [-0.3, -0.25) is 0 Å². The smallest absolute Gasteiger partial charge is 0.326 e. The molecule has 6 nitrogen and oxygen atoms in total. The maximum atomic E-state index is 11.7. The molecule has 0 aliphatic heterocycles. The van der Waals surface area contributed by atoms with Gasteiger partial charge in [-0.1, -0.05) is 11.6 Å². The first kappa shape index (κ1) is 16.7. The molecule has 1 atom stereocenters. The number of rotatable bonds is 5. The molecule has 0 bridgehead atoms. The van der Waals surface area contributed by atoms with E-state index in [-0.39, 0.29) is 13.0 Å². The van der Waals surface area contributed by atoms with E-state index in [1.165, 1.54) is 0 Å². The summed E-state index contributed by atoms with van der Waals surface area (Å²) in [5, 5.41) is 22.8. The monoisotopic (exact) mass is 364 g/mol. The van der Waals surface area contributed by atoms with Crippen LogP contribution in [0, 0.1) is 6.92 Å². The second-order valence-corrected chi connectivity index (χ2v) is 5.34. The van der Waals surface area contributed by atoms with E-state index < -0.39 is 18.0 Å². The van der Waals surface area contributed by atoms with Gasteiger partial charge in [0.1, 0.15) is 6.04 Å². The largest absolute Gasteiger partial charge is 0.480 e. The van der Waals surface area contributed by atoms with Gasteiger partial charge in [0, 0.05) is 22.5 Å². The minimum Gasteiger partial charge on any atom is -0.480 e. The first-order valence-corrected chi connectivity index (χ1v) is 6.89. The lowest BCUT2D eigenvalue weighted by molar-refractivity contribution is -0.139. The fourth-order valence-corrected chi connectivity index (χ4v) is 2.17. The van der Waals surface area contributed by atoms with Crippen LogP contribution < -0.4 is 10.6 Å². The molecule has 2 amide bonds. The van der Waals surface area contributed by atoms with Crippen molar-refractivity contribution in [3.05, 3.63) is 27.2 Å². The van der Waals surface area contributed by atoms with Crippen molar-refractivity contribution in [2.24, 2.45) is 0 Å². The topological polar surface area (TPSA) is 98.7 Å². The highest BCUT2D eigenvalue weighted by Crippen LogP contribution is 2.29. The average molecular weight is 366 g/mol. The van der Waals surface area contributed by atoms with E-state index in [9.17, 15) is 9.59 Å². The summed E-state index contributed by atoms with van der Waals surface area (Å²) in [6, 6.07) is 1.45. The minimum absolute atomic E-state index is 0.0709. The minimum atomic E-state index is -1.21. The Labute approximate surface area is 129 Å². The molecule has 0 unspecified atom stereocenters. The number of benzene rings is 1. The Bertz CT molecular complexity index is 524. The van der Waals surface area contributed by atoms with Crippen molar-refractivity contribution in [2.75, 3.05) is 11.9 Å².